The van der Waals surface area contributed by atoms with Crippen LogP contribution in [0.2, 0.25) is 0 Å². The minimum Gasteiger partial charge on any atom is -0.365 e. The minimum absolute atomic E-state index is 0.00657. The lowest BCUT2D eigenvalue weighted by atomic mass is 10.0. The molecule has 1 aliphatic heterocycles. The summed E-state index contributed by atoms with van der Waals surface area (Å²) in [7, 11) is 0. The lowest BCUT2D eigenvalue weighted by Gasteiger charge is -2.21. The number of rotatable bonds is 3. The third-order valence-electron chi connectivity index (χ3n) is 2.41. The van der Waals surface area contributed by atoms with E-state index in [0.717, 1.165) is 12.8 Å². The highest BCUT2D eigenvalue weighted by Gasteiger charge is 2.37. The third-order valence-corrected chi connectivity index (χ3v) is 2.41. The molecule has 0 radical (unpaired) electrons. The van der Waals surface area contributed by atoms with Gasteiger partial charge in [0.2, 0.25) is 0 Å². The van der Waals surface area contributed by atoms with Crippen molar-refractivity contribution in [3.63, 3.8) is 0 Å². The topological polar surface area (TPSA) is 38.3 Å². The molecule has 0 aromatic rings. The van der Waals surface area contributed by atoms with Gasteiger partial charge < -0.3 is 10.1 Å². The maximum Gasteiger partial charge on any atom is 0.251 e. The summed E-state index contributed by atoms with van der Waals surface area (Å²) in [6, 6.07) is 0. The lowest BCUT2D eigenvalue weighted by Crippen LogP contribution is -2.44. The fourth-order valence-electron chi connectivity index (χ4n) is 1.51. The molecule has 0 aromatic heterocycles. The summed E-state index contributed by atoms with van der Waals surface area (Å²) in [4.78, 5) is 11.6. The van der Waals surface area contributed by atoms with Crippen molar-refractivity contribution in [1.82, 2.24) is 5.32 Å². The molecule has 78 valence electrons. The van der Waals surface area contributed by atoms with Gasteiger partial charge in [0, 0.05) is 19.6 Å². The van der Waals surface area contributed by atoms with Crippen LogP contribution in [0.4, 0.5) is 0 Å². The lowest BCUT2D eigenvalue weighted by molar-refractivity contribution is -0.139. The minimum atomic E-state index is -0.598. The number of carbonyl (C=O) groups is 1. The Morgan fingerprint density at radius 3 is 3.00 bits per heavy atom. The first-order chi connectivity index (χ1) is 6.69. The van der Waals surface area contributed by atoms with Crippen molar-refractivity contribution >= 4 is 5.91 Å². The van der Waals surface area contributed by atoms with E-state index in [1.54, 1.807) is 6.92 Å². The summed E-state index contributed by atoms with van der Waals surface area (Å²) in [6.07, 6.45) is 2.50. The number of ether oxygens (including phenoxy) is 1. The molecule has 1 aliphatic rings. The molecule has 0 aliphatic carbocycles. The van der Waals surface area contributed by atoms with E-state index in [-0.39, 0.29) is 5.91 Å². The van der Waals surface area contributed by atoms with Gasteiger partial charge in [-0.3, -0.25) is 4.79 Å². The molecular weight excluding hydrogens is 178 g/mol. The first-order valence-corrected chi connectivity index (χ1v) is 5.01. The molecule has 1 atom stereocenters. The molecule has 0 saturated carbocycles. The number of hydrogen-bond acceptors (Lipinski definition) is 2. The van der Waals surface area contributed by atoms with Gasteiger partial charge in [0.25, 0.3) is 5.91 Å². The molecule has 1 rings (SSSR count). The molecule has 1 N–H and O–H groups in total. The van der Waals surface area contributed by atoms with Crippen LogP contribution in [-0.4, -0.2) is 24.7 Å². The Hall–Kier alpha value is -1.01. The normalized spacial score (nSPS) is 25.3. The SMILES string of the molecule is CC#CCCNC(=O)C1(C)CCCO1. The van der Waals surface area contributed by atoms with Gasteiger partial charge >= 0.3 is 0 Å². The van der Waals surface area contributed by atoms with Crippen LogP contribution in [-0.2, 0) is 9.53 Å². The summed E-state index contributed by atoms with van der Waals surface area (Å²) in [5.41, 5.74) is -0.598. The molecule has 0 aromatic carbocycles. The largest absolute Gasteiger partial charge is 0.365 e. The Kier molecular flexibility index (Phi) is 3.97. The fourth-order valence-corrected chi connectivity index (χ4v) is 1.51. The van der Waals surface area contributed by atoms with Gasteiger partial charge in [-0.05, 0) is 26.7 Å². The molecule has 1 amide bonds. The van der Waals surface area contributed by atoms with Crippen LogP contribution in [0.5, 0.6) is 0 Å². The van der Waals surface area contributed by atoms with Crippen molar-refractivity contribution in [1.29, 1.82) is 0 Å². The van der Waals surface area contributed by atoms with Crippen LogP contribution in [0.25, 0.3) is 0 Å². The number of carbonyl (C=O) groups excluding carboxylic acids is 1. The summed E-state index contributed by atoms with van der Waals surface area (Å²) in [5.74, 6) is 5.68. The molecule has 0 spiro atoms. The van der Waals surface area contributed by atoms with Crippen LogP contribution >= 0.6 is 0 Å². The van der Waals surface area contributed by atoms with Crippen molar-refractivity contribution in [2.75, 3.05) is 13.2 Å². The molecule has 1 saturated heterocycles. The number of nitrogens with one attached hydrogen (secondary N) is 1. The predicted octanol–water partition coefficient (Wildman–Crippen LogP) is 1.09. The summed E-state index contributed by atoms with van der Waals surface area (Å²) >= 11 is 0. The predicted molar refractivity (Wildman–Crippen MR) is 54.7 cm³/mol. The second kappa shape index (κ2) is 5.02. The van der Waals surface area contributed by atoms with Gasteiger partial charge in [0.05, 0.1) is 0 Å². The zero-order valence-electron chi connectivity index (χ0n) is 8.85. The van der Waals surface area contributed by atoms with Crippen molar-refractivity contribution < 1.29 is 9.53 Å². The van der Waals surface area contributed by atoms with Crippen LogP contribution < -0.4 is 5.32 Å². The van der Waals surface area contributed by atoms with Crippen LogP contribution in [0.1, 0.15) is 33.1 Å². The van der Waals surface area contributed by atoms with Gasteiger partial charge in [0.15, 0.2) is 0 Å². The van der Waals surface area contributed by atoms with E-state index in [1.807, 2.05) is 6.92 Å². The average Bonchev–Trinajstić information content (AvgIpc) is 2.61. The first-order valence-electron chi connectivity index (χ1n) is 5.01. The van der Waals surface area contributed by atoms with Crippen LogP contribution in [0.3, 0.4) is 0 Å². The second-order valence-electron chi connectivity index (χ2n) is 3.62. The van der Waals surface area contributed by atoms with Gasteiger partial charge in [-0.2, -0.15) is 0 Å². The highest BCUT2D eigenvalue weighted by Crippen LogP contribution is 2.24. The van der Waals surface area contributed by atoms with E-state index in [2.05, 4.69) is 17.2 Å². The van der Waals surface area contributed by atoms with E-state index in [4.69, 9.17) is 4.74 Å². The molecule has 0 bridgehead atoms. The van der Waals surface area contributed by atoms with Gasteiger partial charge in [0.1, 0.15) is 5.60 Å². The van der Waals surface area contributed by atoms with Crippen LogP contribution in [0.15, 0.2) is 0 Å². The zero-order valence-corrected chi connectivity index (χ0v) is 8.85. The standard InChI is InChI=1S/C11H17NO2/c1-3-4-5-8-12-10(13)11(2)7-6-9-14-11/h5-9H2,1-2H3,(H,12,13). The van der Waals surface area contributed by atoms with E-state index >= 15 is 0 Å². The maximum atomic E-state index is 11.6. The summed E-state index contributed by atoms with van der Waals surface area (Å²) < 4.78 is 5.41. The Balaban J connectivity index is 2.29. The van der Waals surface area contributed by atoms with E-state index in [0.29, 0.717) is 19.6 Å². The monoisotopic (exact) mass is 195 g/mol. The Morgan fingerprint density at radius 2 is 2.43 bits per heavy atom. The van der Waals surface area contributed by atoms with Crippen molar-refractivity contribution in [3.8, 4) is 11.8 Å². The fraction of sp³-hybridized carbons (Fsp3) is 0.727. The Bertz CT molecular complexity index is 256. The van der Waals surface area contributed by atoms with Crippen molar-refractivity contribution in [2.24, 2.45) is 0 Å². The third kappa shape index (κ3) is 2.74. The number of hydrogen-bond donors (Lipinski definition) is 1. The Morgan fingerprint density at radius 1 is 1.64 bits per heavy atom. The molecule has 1 fully saturated rings. The van der Waals surface area contributed by atoms with Crippen molar-refractivity contribution in [2.45, 2.75) is 38.7 Å². The maximum absolute atomic E-state index is 11.6. The van der Waals surface area contributed by atoms with E-state index in [9.17, 15) is 4.79 Å². The second-order valence-corrected chi connectivity index (χ2v) is 3.62. The van der Waals surface area contributed by atoms with Crippen LogP contribution in [0, 0.1) is 11.8 Å². The zero-order chi connectivity index (χ0) is 10.4. The molecule has 1 heterocycles. The highest BCUT2D eigenvalue weighted by atomic mass is 16.5. The smallest absolute Gasteiger partial charge is 0.251 e. The molecular formula is C11H17NO2. The summed E-state index contributed by atoms with van der Waals surface area (Å²) in [6.45, 7) is 4.95. The van der Waals surface area contributed by atoms with E-state index < -0.39 is 5.60 Å². The molecule has 3 heteroatoms. The quantitative estimate of drug-likeness (QED) is 0.540. The highest BCUT2D eigenvalue weighted by molar-refractivity contribution is 5.84. The number of amides is 1. The molecule has 1 unspecified atom stereocenters. The van der Waals surface area contributed by atoms with Crippen molar-refractivity contribution in [3.05, 3.63) is 0 Å². The molecule has 14 heavy (non-hydrogen) atoms. The molecule has 3 nitrogen and oxygen atoms in total. The average molecular weight is 195 g/mol. The Labute approximate surface area is 85.2 Å². The van der Waals surface area contributed by atoms with E-state index in [1.165, 1.54) is 0 Å². The van der Waals surface area contributed by atoms with Gasteiger partial charge in [-0.25, -0.2) is 0 Å². The first kappa shape index (κ1) is 11.1. The summed E-state index contributed by atoms with van der Waals surface area (Å²) in [5, 5.41) is 2.83. The van der Waals surface area contributed by atoms with Gasteiger partial charge in [-0.15, -0.1) is 11.8 Å². The van der Waals surface area contributed by atoms with Gasteiger partial charge in [-0.1, -0.05) is 0 Å².